The summed E-state index contributed by atoms with van der Waals surface area (Å²) in [6.07, 6.45) is 4.12. The fraction of sp³-hybridized carbons (Fsp3) is 0.111. The van der Waals surface area contributed by atoms with Crippen LogP contribution >= 0.6 is 0 Å². The molecule has 0 heterocycles. The Morgan fingerprint density at radius 3 is 2.20 bits per heavy atom. The molecular formula is C9H12Pb. The van der Waals surface area contributed by atoms with Crippen LogP contribution < -0.4 is 0 Å². The number of benzene rings is 1. The molecule has 1 aromatic rings. The number of rotatable bonds is 1. The van der Waals surface area contributed by atoms with E-state index in [1.54, 1.807) is 0 Å². The number of allylic oxidation sites excluding steroid dienone is 1. The Hall–Kier alpha value is -0.118. The SMILES string of the molecule is CC=Cc1ccccc1.[PbH2]. The summed E-state index contributed by atoms with van der Waals surface area (Å²) in [7, 11) is 0. The average Bonchev–Trinajstić information content (AvgIpc) is 1.91. The van der Waals surface area contributed by atoms with Crippen LogP contribution in [0.5, 0.6) is 0 Å². The molecule has 1 rings (SSSR count). The van der Waals surface area contributed by atoms with Gasteiger partial charge in [0.15, 0.2) is 0 Å². The van der Waals surface area contributed by atoms with Crippen molar-refractivity contribution in [2.45, 2.75) is 6.92 Å². The van der Waals surface area contributed by atoms with Crippen LogP contribution in [0.15, 0.2) is 36.4 Å². The minimum atomic E-state index is 0. The van der Waals surface area contributed by atoms with Crippen molar-refractivity contribution in [1.29, 1.82) is 0 Å². The van der Waals surface area contributed by atoms with Crippen molar-refractivity contribution < 1.29 is 0 Å². The summed E-state index contributed by atoms with van der Waals surface area (Å²) < 4.78 is 0. The van der Waals surface area contributed by atoms with E-state index in [0.29, 0.717) is 0 Å². The summed E-state index contributed by atoms with van der Waals surface area (Å²) in [5, 5.41) is 0. The van der Waals surface area contributed by atoms with E-state index in [0.717, 1.165) is 0 Å². The maximum atomic E-state index is 2.08. The van der Waals surface area contributed by atoms with Gasteiger partial charge in [-0.3, -0.25) is 0 Å². The molecule has 52 valence electrons. The molecule has 0 saturated carbocycles. The molecule has 1 aromatic carbocycles. The normalized spacial score (nSPS) is 9.30. The van der Waals surface area contributed by atoms with E-state index in [9.17, 15) is 0 Å². The Morgan fingerprint density at radius 2 is 1.70 bits per heavy atom. The summed E-state index contributed by atoms with van der Waals surface area (Å²) in [5.41, 5.74) is 1.26. The molecule has 0 saturated heterocycles. The first kappa shape index (κ1) is 9.88. The van der Waals surface area contributed by atoms with Gasteiger partial charge in [0.25, 0.3) is 0 Å². The summed E-state index contributed by atoms with van der Waals surface area (Å²) in [5.74, 6) is 0. The van der Waals surface area contributed by atoms with Crippen molar-refractivity contribution in [2.75, 3.05) is 0 Å². The molecule has 0 fully saturated rings. The molecule has 10 heavy (non-hydrogen) atoms. The zero-order valence-electron chi connectivity index (χ0n) is 6.25. The van der Waals surface area contributed by atoms with Crippen molar-refractivity contribution in [3.8, 4) is 0 Å². The van der Waals surface area contributed by atoms with E-state index >= 15 is 0 Å². The van der Waals surface area contributed by atoms with Crippen LogP contribution in [-0.2, 0) is 0 Å². The van der Waals surface area contributed by atoms with Crippen LogP contribution in [0.4, 0.5) is 0 Å². The zero-order valence-corrected chi connectivity index (χ0v) is 11.7. The standard InChI is InChI=1S/C9H10.Pb.2H/c1-2-6-9-7-4-3-5-8-9;;;/h2-8H,1H3;;;. The van der Waals surface area contributed by atoms with Crippen LogP contribution in [0.1, 0.15) is 12.5 Å². The van der Waals surface area contributed by atoms with Gasteiger partial charge in [0.1, 0.15) is 0 Å². The summed E-state index contributed by atoms with van der Waals surface area (Å²) >= 11 is 0. The monoisotopic (exact) mass is 328 g/mol. The molecule has 0 aliphatic rings. The minimum absolute atomic E-state index is 0. The fourth-order valence-corrected chi connectivity index (χ4v) is 0.757. The van der Waals surface area contributed by atoms with E-state index in [1.807, 2.05) is 31.2 Å². The van der Waals surface area contributed by atoms with E-state index in [4.69, 9.17) is 0 Å². The Bertz CT molecular complexity index is 189. The third kappa shape index (κ3) is 3.15. The average molecular weight is 327 g/mol. The summed E-state index contributed by atoms with van der Waals surface area (Å²) in [4.78, 5) is 0. The predicted octanol–water partition coefficient (Wildman–Crippen LogP) is 1.80. The molecule has 0 nitrogen and oxygen atoms in total. The Balaban J connectivity index is 0.000000810. The first-order valence-corrected chi connectivity index (χ1v) is 3.11. The van der Waals surface area contributed by atoms with Crippen molar-refractivity contribution in [2.24, 2.45) is 0 Å². The predicted molar refractivity (Wildman–Crippen MR) is 49.7 cm³/mol. The number of hydrogen-bond donors (Lipinski definition) is 0. The van der Waals surface area contributed by atoms with Gasteiger partial charge < -0.3 is 0 Å². The van der Waals surface area contributed by atoms with Crippen molar-refractivity contribution >= 4 is 33.4 Å². The van der Waals surface area contributed by atoms with Gasteiger partial charge in [0.05, 0.1) is 0 Å². The van der Waals surface area contributed by atoms with E-state index in [2.05, 4.69) is 18.2 Å². The molecule has 0 unspecified atom stereocenters. The Morgan fingerprint density at radius 1 is 1.10 bits per heavy atom. The summed E-state index contributed by atoms with van der Waals surface area (Å²) in [6.45, 7) is 2.02. The van der Waals surface area contributed by atoms with Gasteiger partial charge in [-0.05, 0) is 12.5 Å². The molecule has 0 atom stereocenters. The second-order valence-corrected chi connectivity index (χ2v) is 1.91. The van der Waals surface area contributed by atoms with Crippen LogP contribution in [0.3, 0.4) is 0 Å². The third-order valence-corrected chi connectivity index (χ3v) is 1.16. The van der Waals surface area contributed by atoms with Crippen molar-refractivity contribution in [3.63, 3.8) is 0 Å². The molecule has 0 N–H and O–H groups in total. The molecular weight excluding hydrogens is 315 g/mol. The topological polar surface area (TPSA) is 0 Å². The first-order chi connectivity index (χ1) is 4.43. The number of hydrogen-bond acceptors (Lipinski definition) is 0. The molecule has 0 aromatic heterocycles. The second-order valence-electron chi connectivity index (χ2n) is 1.91. The molecule has 1 heteroatoms. The first-order valence-electron chi connectivity index (χ1n) is 3.11. The molecule has 0 aliphatic heterocycles. The van der Waals surface area contributed by atoms with Crippen LogP contribution in [0.25, 0.3) is 6.08 Å². The molecule has 0 amide bonds. The van der Waals surface area contributed by atoms with E-state index in [1.165, 1.54) is 5.56 Å². The zero-order chi connectivity index (χ0) is 6.53. The van der Waals surface area contributed by atoms with E-state index in [-0.39, 0.29) is 27.3 Å². The quantitative estimate of drug-likeness (QED) is 0.690. The van der Waals surface area contributed by atoms with Gasteiger partial charge in [-0.25, -0.2) is 0 Å². The molecule has 0 aliphatic carbocycles. The van der Waals surface area contributed by atoms with Gasteiger partial charge >= 0.3 is 27.3 Å². The molecule has 0 spiro atoms. The van der Waals surface area contributed by atoms with Gasteiger partial charge in [-0.15, -0.1) is 0 Å². The summed E-state index contributed by atoms with van der Waals surface area (Å²) in [6, 6.07) is 10.3. The Labute approximate surface area is 82.1 Å². The molecule has 0 bridgehead atoms. The maximum absolute atomic E-state index is 2.08. The molecule has 2 radical (unpaired) electrons. The van der Waals surface area contributed by atoms with Crippen molar-refractivity contribution in [1.82, 2.24) is 0 Å². The Kier molecular flexibility index (Phi) is 5.58. The van der Waals surface area contributed by atoms with E-state index < -0.39 is 0 Å². The fourth-order valence-electron chi connectivity index (χ4n) is 0.757. The van der Waals surface area contributed by atoms with Gasteiger partial charge in [0, 0.05) is 0 Å². The van der Waals surface area contributed by atoms with Crippen LogP contribution in [0, 0.1) is 0 Å². The van der Waals surface area contributed by atoms with Crippen LogP contribution in [-0.4, -0.2) is 27.3 Å². The second kappa shape index (κ2) is 5.65. The van der Waals surface area contributed by atoms with Gasteiger partial charge in [-0.2, -0.15) is 0 Å². The van der Waals surface area contributed by atoms with Gasteiger partial charge in [0.2, 0.25) is 0 Å². The van der Waals surface area contributed by atoms with Gasteiger partial charge in [-0.1, -0.05) is 42.5 Å². The van der Waals surface area contributed by atoms with Crippen molar-refractivity contribution in [3.05, 3.63) is 42.0 Å². The van der Waals surface area contributed by atoms with Crippen LogP contribution in [0.2, 0.25) is 0 Å². The third-order valence-electron chi connectivity index (χ3n) is 1.16.